The van der Waals surface area contributed by atoms with Gasteiger partial charge in [0.05, 0.1) is 11.0 Å². The average molecular weight is 799 g/mol. The van der Waals surface area contributed by atoms with E-state index in [2.05, 4.69) is 172 Å². The number of halogens is 3. The lowest BCUT2D eigenvalue weighted by molar-refractivity contribution is -0.274. The van der Waals surface area contributed by atoms with Crippen LogP contribution < -0.4 is 9.64 Å². The predicted molar refractivity (Wildman–Crippen MR) is 244 cm³/mol. The standard InChI is InChI=1S/C55H37F3N2O/c56-55(57,58)61-50-36-26-45(27-37-50)44-22-32-48(33-23-44)59(46-28-18-41(19-29-46)40-16-14-39(15-17-40)38-8-2-1-3-9-38)47-30-20-42(21-31-47)43-24-34-49(35-25-43)60-53-12-6-4-10-51(53)52-11-5-7-13-54(52)60/h1-37H. The Morgan fingerprint density at radius 2 is 0.639 bits per heavy atom. The van der Waals surface area contributed by atoms with Gasteiger partial charge in [-0.2, -0.15) is 0 Å². The van der Waals surface area contributed by atoms with E-state index >= 15 is 0 Å². The minimum Gasteiger partial charge on any atom is -0.406 e. The van der Waals surface area contributed by atoms with Crippen molar-refractivity contribution < 1.29 is 17.9 Å². The molecule has 3 nitrogen and oxygen atoms in total. The molecule has 0 N–H and O–H groups in total. The van der Waals surface area contributed by atoms with Crippen LogP contribution in [0, 0.1) is 0 Å². The maximum absolute atomic E-state index is 12.8. The first kappa shape index (κ1) is 37.4. The lowest BCUT2D eigenvalue weighted by Crippen LogP contribution is -2.16. The van der Waals surface area contributed by atoms with Gasteiger partial charge in [0.1, 0.15) is 5.75 Å². The van der Waals surface area contributed by atoms with Crippen molar-refractivity contribution in [3.63, 3.8) is 0 Å². The van der Waals surface area contributed by atoms with Crippen molar-refractivity contribution in [2.24, 2.45) is 0 Å². The zero-order valence-corrected chi connectivity index (χ0v) is 32.8. The van der Waals surface area contributed by atoms with E-state index in [1.54, 1.807) is 12.1 Å². The normalized spacial score (nSPS) is 11.5. The Morgan fingerprint density at radius 3 is 1.03 bits per heavy atom. The fraction of sp³-hybridized carbons (Fsp3) is 0.0182. The molecule has 0 spiro atoms. The third-order valence-electron chi connectivity index (χ3n) is 11.2. The molecule has 0 radical (unpaired) electrons. The average Bonchev–Trinajstić information content (AvgIpc) is 3.64. The van der Waals surface area contributed by atoms with Crippen molar-refractivity contribution in [3.8, 4) is 55.9 Å². The summed E-state index contributed by atoms with van der Waals surface area (Å²) in [6, 6.07) is 75.9. The number of hydrogen-bond acceptors (Lipinski definition) is 2. The van der Waals surface area contributed by atoms with Gasteiger partial charge in [-0.15, -0.1) is 13.2 Å². The van der Waals surface area contributed by atoms with E-state index < -0.39 is 6.36 Å². The highest BCUT2D eigenvalue weighted by molar-refractivity contribution is 6.09. The van der Waals surface area contributed by atoms with Gasteiger partial charge in [-0.25, -0.2) is 0 Å². The molecule has 0 fully saturated rings. The summed E-state index contributed by atoms with van der Waals surface area (Å²) in [7, 11) is 0. The molecule has 6 heteroatoms. The Kier molecular flexibility index (Phi) is 9.66. The minimum atomic E-state index is -4.74. The van der Waals surface area contributed by atoms with E-state index in [9.17, 15) is 13.2 Å². The first-order valence-corrected chi connectivity index (χ1v) is 20.1. The summed E-state index contributed by atoms with van der Waals surface area (Å²) >= 11 is 0. The van der Waals surface area contributed by atoms with Crippen LogP contribution in [0.1, 0.15) is 0 Å². The number of fused-ring (bicyclic) bond motifs is 3. The molecule has 0 unspecified atom stereocenters. The van der Waals surface area contributed by atoms with E-state index in [1.807, 2.05) is 42.5 Å². The van der Waals surface area contributed by atoms with Gasteiger partial charge in [0.2, 0.25) is 0 Å². The molecule has 61 heavy (non-hydrogen) atoms. The molecule has 1 heterocycles. The predicted octanol–water partition coefficient (Wildman–Crippen LogP) is 15.8. The van der Waals surface area contributed by atoms with E-state index in [4.69, 9.17) is 0 Å². The summed E-state index contributed by atoms with van der Waals surface area (Å²) in [5.74, 6) is -0.253. The topological polar surface area (TPSA) is 17.4 Å². The van der Waals surface area contributed by atoms with Crippen molar-refractivity contribution in [1.29, 1.82) is 0 Å². The second kappa shape index (κ2) is 15.7. The number of ether oxygens (including phenoxy) is 1. The van der Waals surface area contributed by atoms with Gasteiger partial charge in [0.15, 0.2) is 0 Å². The first-order valence-electron chi connectivity index (χ1n) is 20.1. The number of rotatable bonds is 9. The highest BCUT2D eigenvalue weighted by Gasteiger charge is 2.31. The van der Waals surface area contributed by atoms with Gasteiger partial charge in [-0.1, -0.05) is 152 Å². The van der Waals surface area contributed by atoms with Gasteiger partial charge >= 0.3 is 6.36 Å². The molecule has 0 aliphatic heterocycles. The number of anilines is 3. The molecular weight excluding hydrogens is 762 g/mol. The largest absolute Gasteiger partial charge is 0.573 e. The number of para-hydroxylation sites is 2. The van der Waals surface area contributed by atoms with E-state index in [-0.39, 0.29) is 5.75 Å². The molecular formula is C55H37F3N2O. The van der Waals surface area contributed by atoms with Crippen LogP contribution in [0.4, 0.5) is 30.2 Å². The van der Waals surface area contributed by atoms with E-state index in [0.29, 0.717) is 0 Å². The molecule has 10 aromatic rings. The highest BCUT2D eigenvalue weighted by atomic mass is 19.4. The van der Waals surface area contributed by atoms with Gasteiger partial charge in [0.25, 0.3) is 0 Å². The van der Waals surface area contributed by atoms with Crippen LogP contribution in [0.2, 0.25) is 0 Å². The molecule has 0 bridgehead atoms. The summed E-state index contributed by atoms with van der Waals surface area (Å²) in [5.41, 5.74) is 14.8. The van der Waals surface area contributed by atoms with Crippen molar-refractivity contribution in [1.82, 2.24) is 4.57 Å². The second-order valence-electron chi connectivity index (χ2n) is 14.9. The van der Waals surface area contributed by atoms with Crippen LogP contribution in [-0.2, 0) is 0 Å². The first-order chi connectivity index (χ1) is 29.8. The number of aromatic nitrogens is 1. The Balaban J connectivity index is 0.958. The third-order valence-corrected chi connectivity index (χ3v) is 11.2. The van der Waals surface area contributed by atoms with Gasteiger partial charge < -0.3 is 14.2 Å². The van der Waals surface area contributed by atoms with Crippen LogP contribution in [0.15, 0.2) is 224 Å². The number of nitrogens with zero attached hydrogens (tertiary/aromatic N) is 2. The van der Waals surface area contributed by atoms with Crippen LogP contribution in [0.25, 0.3) is 72.0 Å². The molecule has 294 valence electrons. The number of benzene rings is 9. The summed E-state index contributed by atoms with van der Waals surface area (Å²) in [4.78, 5) is 2.21. The SMILES string of the molecule is FC(F)(F)Oc1ccc(-c2ccc(N(c3ccc(-c4ccc(-c5ccccc5)cc4)cc3)c3ccc(-c4ccc(-n5c6ccccc6c6ccccc65)cc4)cc3)cc2)cc1. The summed E-state index contributed by atoms with van der Waals surface area (Å²) in [6.45, 7) is 0. The van der Waals surface area contributed by atoms with Crippen LogP contribution >= 0.6 is 0 Å². The number of alkyl halides is 3. The van der Waals surface area contributed by atoms with Gasteiger partial charge in [-0.05, 0) is 117 Å². The summed E-state index contributed by atoms with van der Waals surface area (Å²) in [5, 5.41) is 2.47. The lowest BCUT2D eigenvalue weighted by atomic mass is 10.00. The molecule has 0 saturated heterocycles. The van der Waals surface area contributed by atoms with Crippen LogP contribution in [-0.4, -0.2) is 10.9 Å². The van der Waals surface area contributed by atoms with Crippen molar-refractivity contribution >= 4 is 38.9 Å². The molecule has 0 amide bonds. The van der Waals surface area contributed by atoms with Gasteiger partial charge in [0, 0.05) is 33.5 Å². The van der Waals surface area contributed by atoms with E-state index in [0.717, 1.165) is 56.1 Å². The molecule has 0 saturated carbocycles. The monoisotopic (exact) mass is 798 g/mol. The molecule has 10 rings (SSSR count). The maximum atomic E-state index is 12.8. The Morgan fingerprint density at radius 1 is 0.328 bits per heavy atom. The maximum Gasteiger partial charge on any atom is 0.573 e. The minimum absolute atomic E-state index is 0.253. The van der Waals surface area contributed by atoms with Crippen molar-refractivity contribution in [2.45, 2.75) is 6.36 Å². The zero-order valence-electron chi connectivity index (χ0n) is 32.8. The van der Waals surface area contributed by atoms with Crippen molar-refractivity contribution in [3.05, 3.63) is 224 Å². The molecule has 0 aliphatic rings. The summed E-state index contributed by atoms with van der Waals surface area (Å²) < 4.78 is 44.7. The fourth-order valence-corrected chi connectivity index (χ4v) is 8.19. The quantitative estimate of drug-likeness (QED) is 0.145. The fourth-order valence-electron chi connectivity index (χ4n) is 8.19. The molecule has 9 aromatic carbocycles. The van der Waals surface area contributed by atoms with E-state index in [1.165, 1.54) is 45.1 Å². The molecule has 0 aliphatic carbocycles. The molecule has 1 aromatic heterocycles. The Bertz CT molecular complexity index is 3030. The van der Waals surface area contributed by atoms with Gasteiger partial charge in [-0.3, -0.25) is 0 Å². The van der Waals surface area contributed by atoms with Crippen LogP contribution in [0.3, 0.4) is 0 Å². The van der Waals surface area contributed by atoms with Crippen molar-refractivity contribution in [2.75, 3.05) is 4.90 Å². The summed E-state index contributed by atoms with van der Waals surface area (Å²) in [6.07, 6.45) is -4.74. The highest BCUT2D eigenvalue weighted by Crippen LogP contribution is 2.39. The zero-order chi connectivity index (χ0) is 41.3. The Hall–Kier alpha value is -7.83. The van der Waals surface area contributed by atoms with Crippen LogP contribution in [0.5, 0.6) is 5.75 Å². The second-order valence-corrected chi connectivity index (χ2v) is 14.9. The number of hydrogen-bond donors (Lipinski definition) is 0. The molecule has 0 atom stereocenters. The third kappa shape index (κ3) is 7.63. The lowest BCUT2D eigenvalue weighted by Gasteiger charge is -2.26. The smallest absolute Gasteiger partial charge is 0.406 e. The Labute approximate surface area is 351 Å².